The lowest BCUT2D eigenvalue weighted by Gasteiger charge is -2.26. The van der Waals surface area contributed by atoms with Crippen LogP contribution in [0, 0.1) is 0 Å². The van der Waals surface area contributed by atoms with E-state index in [2.05, 4.69) is 0 Å². The number of hydrogen-bond donors (Lipinski definition) is 0. The van der Waals surface area contributed by atoms with E-state index in [0.717, 1.165) is 29.4 Å². The Morgan fingerprint density at radius 2 is 1.67 bits per heavy atom. The smallest absolute Gasteiger partial charge is 0.331 e. The molecule has 1 amide bonds. The van der Waals surface area contributed by atoms with Crippen LogP contribution < -0.4 is 11.2 Å². The lowest BCUT2D eigenvalue weighted by atomic mass is 10.1. The summed E-state index contributed by atoms with van der Waals surface area (Å²) in [6.07, 6.45) is 4.57. The minimum atomic E-state index is -0.447. The van der Waals surface area contributed by atoms with Crippen LogP contribution in [0.1, 0.15) is 24.8 Å². The number of rotatable bonds is 4. The maximum absolute atomic E-state index is 12.6. The largest absolute Gasteiger partial charge is 0.341 e. The van der Waals surface area contributed by atoms with Gasteiger partial charge in [-0.25, -0.2) is 4.79 Å². The molecule has 0 aliphatic carbocycles. The second-order valence-electron chi connectivity index (χ2n) is 6.08. The van der Waals surface area contributed by atoms with Crippen LogP contribution in [0.4, 0.5) is 0 Å². The molecule has 1 aromatic carbocycles. The van der Waals surface area contributed by atoms with Gasteiger partial charge in [0.15, 0.2) is 0 Å². The zero-order chi connectivity index (χ0) is 16.9. The molecule has 2 aromatic rings. The monoisotopic (exact) mass is 327 g/mol. The fourth-order valence-electron chi connectivity index (χ4n) is 2.98. The van der Waals surface area contributed by atoms with Gasteiger partial charge >= 0.3 is 5.69 Å². The Kier molecular flexibility index (Phi) is 4.93. The molecule has 3 rings (SSSR count). The summed E-state index contributed by atoms with van der Waals surface area (Å²) >= 11 is 0. The van der Waals surface area contributed by atoms with Gasteiger partial charge in [0.05, 0.1) is 6.54 Å². The minimum Gasteiger partial charge on any atom is -0.341 e. The minimum absolute atomic E-state index is 0.161. The first-order chi connectivity index (χ1) is 11.6. The fraction of sp³-hybridized carbons (Fsp3) is 0.389. The average Bonchev–Trinajstić information content (AvgIpc) is 2.62. The third-order valence-electron chi connectivity index (χ3n) is 4.34. The third-order valence-corrected chi connectivity index (χ3v) is 4.34. The predicted molar refractivity (Wildman–Crippen MR) is 90.9 cm³/mol. The van der Waals surface area contributed by atoms with Crippen molar-refractivity contribution in [1.29, 1.82) is 0 Å². The van der Waals surface area contributed by atoms with Crippen molar-refractivity contribution < 1.29 is 4.79 Å². The van der Waals surface area contributed by atoms with E-state index in [1.54, 1.807) is 4.90 Å². The molecule has 0 saturated carbocycles. The van der Waals surface area contributed by atoms with E-state index >= 15 is 0 Å². The highest BCUT2D eigenvalue weighted by Gasteiger charge is 2.18. The standard InChI is InChI=1S/C18H21N3O3/c22-16-9-12-20(13-15-7-3-1-4-8-15)18(24)21(16)14-17(23)19-10-5-2-6-11-19/h1,3-4,7-9,12H,2,5-6,10-11,13-14H2. The second-order valence-corrected chi connectivity index (χ2v) is 6.08. The Hall–Kier alpha value is -2.63. The summed E-state index contributed by atoms with van der Waals surface area (Å²) in [4.78, 5) is 38.7. The van der Waals surface area contributed by atoms with Crippen molar-refractivity contribution in [1.82, 2.24) is 14.0 Å². The summed E-state index contributed by atoms with van der Waals surface area (Å²) in [6.45, 7) is 1.60. The molecule has 1 aliphatic rings. The summed E-state index contributed by atoms with van der Waals surface area (Å²) in [5, 5.41) is 0. The first kappa shape index (κ1) is 16.2. The normalized spacial score (nSPS) is 14.6. The maximum atomic E-state index is 12.6. The molecule has 2 heterocycles. The number of aromatic nitrogens is 2. The van der Waals surface area contributed by atoms with Gasteiger partial charge in [-0.05, 0) is 24.8 Å². The fourth-order valence-corrected chi connectivity index (χ4v) is 2.98. The quantitative estimate of drug-likeness (QED) is 0.844. The summed E-state index contributed by atoms with van der Waals surface area (Å²) < 4.78 is 2.49. The van der Waals surface area contributed by atoms with Crippen molar-refractivity contribution in [2.45, 2.75) is 32.4 Å². The van der Waals surface area contributed by atoms with Gasteiger partial charge in [0.2, 0.25) is 5.91 Å². The van der Waals surface area contributed by atoms with Gasteiger partial charge in [-0.1, -0.05) is 30.3 Å². The van der Waals surface area contributed by atoms with Crippen molar-refractivity contribution in [3.8, 4) is 0 Å². The molecule has 1 aliphatic heterocycles. The third kappa shape index (κ3) is 3.64. The van der Waals surface area contributed by atoms with Gasteiger partial charge in [0, 0.05) is 25.4 Å². The molecule has 126 valence electrons. The van der Waals surface area contributed by atoms with Crippen molar-refractivity contribution in [2.24, 2.45) is 0 Å². The Labute approximate surface area is 140 Å². The summed E-state index contributed by atoms with van der Waals surface area (Å²) in [5.74, 6) is -0.161. The summed E-state index contributed by atoms with van der Waals surface area (Å²) in [7, 11) is 0. The molecule has 0 N–H and O–H groups in total. The summed E-state index contributed by atoms with van der Waals surface area (Å²) in [6, 6.07) is 10.9. The number of piperidine rings is 1. The number of benzene rings is 1. The zero-order valence-corrected chi connectivity index (χ0v) is 13.6. The first-order valence-corrected chi connectivity index (χ1v) is 8.27. The number of likely N-dealkylation sites (tertiary alicyclic amines) is 1. The molecule has 0 unspecified atom stereocenters. The molecule has 1 saturated heterocycles. The molecule has 6 nitrogen and oxygen atoms in total. The molecule has 0 atom stereocenters. The van der Waals surface area contributed by atoms with E-state index < -0.39 is 11.2 Å². The van der Waals surface area contributed by atoms with Crippen LogP contribution in [0.25, 0.3) is 0 Å². The van der Waals surface area contributed by atoms with Crippen LogP contribution in [0.2, 0.25) is 0 Å². The molecule has 24 heavy (non-hydrogen) atoms. The highest BCUT2D eigenvalue weighted by atomic mass is 16.2. The molecule has 0 spiro atoms. The zero-order valence-electron chi connectivity index (χ0n) is 13.6. The Bertz CT molecular complexity index is 817. The predicted octanol–water partition coefficient (Wildman–Crippen LogP) is 1.07. The second kappa shape index (κ2) is 7.29. The van der Waals surface area contributed by atoms with Crippen molar-refractivity contribution in [3.05, 3.63) is 69.0 Å². The summed E-state index contributed by atoms with van der Waals surface area (Å²) in [5.41, 5.74) is 0.0820. The van der Waals surface area contributed by atoms with Gasteiger partial charge in [0.25, 0.3) is 5.56 Å². The number of nitrogens with zero attached hydrogens (tertiary/aromatic N) is 3. The van der Waals surface area contributed by atoms with Gasteiger partial charge in [-0.15, -0.1) is 0 Å². The molecule has 6 heteroatoms. The van der Waals surface area contributed by atoms with E-state index in [4.69, 9.17) is 0 Å². The SMILES string of the molecule is O=C(Cn1c(=O)ccn(Cc2ccccc2)c1=O)N1CCCCC1. The van der Waals surface area contributed by atoms with E-state index in [1.807, 2.05) is 30.3 Å². The molecule has 0 bridgehead atoms. The van der Waals surface area contributed by atoms with E-state index in [-0.39, 0.29) is 12.5 Å². The van der Waals surface area contributed by atoms with Gasteiger partial charge < -0.3 is 4.90 Å². The average molecular weight is 327 g/mol. The Morgan fingerprint density at radius 1 is 0.958 bits per heavy atom. The van der Waals surface area contributed by atoms with Crippen LogP contribution in [0.3, 0.4) is 0 Å². The molecular formula is C18H21N3O3. The van der Waals surface area contributed by atoms with Crippen LogP contribution in [0.15, 0.2) is 52.2 Å². The number of carbonyl (C=O) groups excluding carboxylic acids is 1. The molecular weight excluding hydrogens is 306 g/mol. The van der Waals surface area contributed by atoms with Crippen LogP contribution in [-0.2, 0) is 17.9 Å². The van der Waals surface area contributed by atoms with Gasteiger partial charge in [0.1, 0.15) is 6.54 Å². The van der Waals surface area contributed by atoms with Gasteiger partial charge in [-0.2, -0.15) is 0 Å². The topological polar surface area (TPSA) is 64.3 Å². The van der Waals surface area contributed by atoms with Gasteiger partial charge in [-0.3, -0.25) is 18.7 Å². The highest BCUT2D eigenvalue weighted by Crippen LogP contribution is 2.08. The van der Waals surface area contributed by atoms with E-state index in [0.29, 0.717) is 19.6 Å². The number of amides is 1. The first-order valence-electron chi connectivity index (χ1n) is 8.27. The highest BCUT2D eigenvalue weighted by molar-refractivity contribution is 5.76. The number of carbonyl (C=O) groups is 1. The lowest BCUT2D eigenvalue weighted by molar-refractivity contribution is -0.132. The molecule has 1 fully saturated rings. The van der Waals surface area contributed by atoms with Crippen molar-refractivity contribution >= 4 is 5.91 Å². The van der Waals surface area contributed by atoms with Crippen LogP contribution in [0.5, 0.6) is 0 Å². The lowest BCUT2D eigenvalue weighted by Crippen LogP contribution is -2.45. The Balaban J connectivity index is 1.82. The molecule has 0 radical (unpaired) electrons. The van der Waals surface area contributed by atoms with E-state index in [9.17, 15) is 14.4 Å². The Morgan fingerprint density at radius 3 is 2.38 bits per heavy atom. The maximum Gasteiger partial charge on any atom is 0.331 e. The van der Waals surface area contributed by atoms with Crippen LogP contribution in [-0.4, -0.2) is 33.0 Å². The van der Waals surface area contributed by atoms with Crippen molar-refractivity contribution in [2.75, 3.05) is 13.1 Å². The van der Waals surface area contributed by atoms with E-state index in [1.165, 1.54) is 16.8 Å². The van der Waals surface area contributed by atoms with Crippen LogP contribution >= 0.6 is 0 Å². The van der Waals surface area contributed by atoms with Crippen molar-refractivity contribution in [3.63, 3.8) is 0 Å². The number of hydrogen-bond acceptors (Lipinski definition) is 3. The molecule has 1 aromatic heterocycles.